The summed E-state index contributed by atoms with van der Waals surface area (Å²) >= 11 is 0. The van der Waals surface area contributed by atoms with E-state index in [1.807, 2.05) is 14.0 Å². The summed E-state index contributed by atoms with van der Waals surface area (Å²) in [6, 6.07) is 0. The minimum absolute atomic E-state index is 0.409. The largest absolute Gasteiger partial charge is 0.389 e. The molecule has 0 saturated carbocycles. The van der Waals surface area contributed by atoms with Gasteiger partial charge in [-0.1, -0.05) is 0 Å². The monoisotopic (exact) mass is 140 g/mol. The topological polar surface area (TPSA) is 38.1 Å². The number of aryl methyl sites for hydroxylation is 1. The molecule has 1 aromatic rings. The molecule has 3 heteroatoms. The van der Waals surface area contributed by atoms with Crippen LogP contribution in [-0.2, 0) is 7.05 Å². The molecular weight excluding hydrogens is 128 g/mol. The van der Waals surface area contributed by atoms with Gasteiger partial charge >= 0.3 is 0 Å². The first-order valence-electron chi connectivity index (χ1n) is 3.29. The Morgan fingerprint density at radius 2 is 2.30 bits per heavy atom. The van der Waals surface area contributed by atoms with Gasteiger partial charge in [-0.25, -0.2) is 0 Å². The van der Waals surface area contributed by atoms with Gasteiger partial charge in [-0.15, -0.1) is 0 Å². The average Bonchev–Trinajstić information content (AvgIpc) is 2.14. The second kappa shape index (κ2) is 2.42. The van der Waals surface area contributed by atoms with Crippen molar-refractivity contribution < 1.29 is 5.11 Å². The second-order valence-corrected chi connectivity index (χ2v) is 2.48. The van der Waals surface area contributed by atoms with E-state index in [1.165, 1.54) is 0 Å². The summed E-state index contributed by atoms with van der Waals surface area (Å²) in [5.74, 6) is 0. The van der Waals surface area contributed by atoms with Gasteiger partial charge in [-0.2, -0.15) is 5.10 Å². The number of hydrogen-bond donors (Lipinski definition) is 1. The molecule has 0 fully saturated rings. The lowest BCUT2D eigenvalue weighted by Gasteiger charge is -2.01. The number of nitrogens with zero attached hydrogens (tertiary/aromatic N) is 2. The van der Waals surface area contributed by atoms with E-state index in [4.69, 9.17) is 5.11 Å². The molecule has 1 aromatic heterocycles. The summed E-state index contributed by atoms with van der Waals surface area (Å²) in [4.78, 5) is 0. The molecular formula is C7H12N2O. The molecule has 0 saturated heterocycles. The fourth-order valence-corrected chi connectivity index (χ4v) is 0.926. The number of rotatable bonds is 1. The highest BCUT2D eigenvalue weighted by molar-refractivity contribution is 5.17. The standard InChI is InChI=1S/C7H12N2O/c1-5-7(6(2)10)4-8-9(5)3/h4,6,10H,1-3H3/t6-/m1/s1. The van der Waals surface area contributed by atoms with Crippen molar-refractivity contribution in [2.75, 3.05) is 0 Å². The SMILES string of the molecule is Cc1c([C@@H](C)O)cnn1C. The van der Waals surface area contributed by atoms with Crippen LogP contribution in [0.1, 0.15) is 24.3 Å². The Balaban J connectivity index is 3.05. The summed E-state index contributed by atoms with van der Waals surface area (Å²) in [6.07, 6.45) is 1.29. The van der Waals surface area contributed by atoms with Gasteiger partial charge < -0.3 is 5.11 Å². The van der Waals surface area contributed by atoms with Crippen LogP contribution < -0.4 is 0 Å². The van der Waals surface area contributed by atoms with Gasteiger partial charge in [0.25, 0.3) is 0 Å². The quantitative estimate of drug-likeness (QED) is 0.626. The molecule has 1 atom stereocenters. The Morgan fingerprint density at radius 1 is 1.70 bits per heavy atom. The third-order valence-corrected chi connectivity index (χ3v) is 1.72. The summed E-state index contributed by atoms with van der Waals surface area (Å²) in [5.41, 5.74) is 1.93. The molecule has 0 radical (unpaired) electrons. The van der Waals surface area contributed by atoms with Crippen LogP contribution >= 0.6 is 0 Å². The van der Waals surface area contributed by atoms with Gasteiger partial charge in [0.2, 0.25) is 0 Å². The van der Waals surface area contributed by atoms with Crippen molar-refractivity contribution >= 4 is 0 Å². The van der Waals surface area contributed by atoms with Crippen molar-refractivity contribution in [2.45, 2.75) is 20.0 Å². The lowest BCUT2D eigenvalue weighted by molar-refractivity contribution is 0.198. The van der Waals surface area contributed by atoms with Crippen LogP contribution in [0.3, 0.4) is 0 Å². The van der Waals surface area contributed by atoms with Crippen LogP contribution in [0.4, 0.5) is 0 Å². The van der Waals surface area contributed by atoms with E-state index in [0.29, 0.717) is 0 Å². The summed E-state index contributed by atoms with van der Waals surface area (Å²) in [7, 11) is 1.86. The highest BCUT2D eigenvalue weighted by Crippen LogP contribution is 2.14. The Hall–Kier alpha value is -0.830. The van der Waals surface area contributed by atoms with E-state index < -0.39 is 6.10 Å². The van der Waals surface area contributed by atoms with Crippen LogP contribution in [0.2, 0.25) is 0 Å². The Labute approximate surface area is 60.3 Å². The van der Waals surface area contributed by atoms with Gasteiger partial charge in [0.15, 0.2) is 0 Å². The maximum Gasteiger partial charge on any atom is 0.0795 e. The van der Waals surface area contributed by atoms with Crippen LogP contribution in [0.5, 0.6) is 0 Å². The summed E-state index contributed by atoms with van der Waals surface area (Å²) < 4.78 is 1.75. The van der Waals surface area contributed by atoms with Gasteiger partial charge in [0.1, 0.15) is 0 Å². The maximum atomic E-state index is 9.16. The first kappa shape index (κ1) is 7.28. The second-order valence-electron chi connectivity index (χ2n) is 2.48. The first-order chi connectivity index (χ1) is 4.63. The predicted octanol–water partition coefficient (Wildman–Crippen LogP) is 0.782. The molecule has 10 heavy (non-hydrogen) atoms. The number of aliphatic hydroxyl groups is 1. The molecule has 1 rings (SSSR count). The van der Waals surface area contributed by atoms with Gasteiger partial charge in [-0.05, 0) is 13.8 Å². The van der Waals surface area contributed by atoms with Crippen LogP contribution in [0.25, 0.3) is 0 Å². The molecule has 0 aliphatic heterocycles. The van der Waals surface area contributed by atoms with Gasteiger partial charge in [-0.3, -0.25) is 4.68 Å². The van der Waals surface area contributed by atoms with E-state index in [0.717, 1.165) is 11.3 Å². The molecule has 3 nitrogen and oxygen atoms in total. The van der Waals surface area contributed by atoms with Crippen LogP contribution in [-0.4, -0.2) is 14.9 Å². The Bertz CT molecular complexity index is 228. The van der Waals surface area contributed by atoms with E-state index >= 15 is 0 Å². The zero-order valence-corrected chi connectivity index (χ0v) is 6.50. The molecule has 0 amide bonds. The zero-order valence-electron chi connectivity index (χ0n) is 6.50. The molecule has 56 valence electrons. The minimum atomic E-state index is -0.409. The fourth-order valence-electron chi connectivity index (χ4n) is 0.926. The molecule has 0 unspecified atom stereocenters. The van der Waals surface area contributed by atoms with Gasteiger partial charge in [0.05, 0.1) is 12.3 Å². The molecule has 0 bridgehead atoms. The smallest absolute Gasteiger partial charge is 0.0795 e. The lowest BCUT2D eigenvalue weighted by Crippen LogP contribution is -1.96. The Kier molecular flexibility index (Phi) is 1.76. The average molecular weight is 140 g/mol. The van der Waals surface area contributed by atoms with Crippen molar-refractivity contribution in [2.24, 2.45) is 7.05 Å². The molecule has 1 heterocycles. The van der Waals surface area contributed by atoms with Gasteiger partial charge in [0, 0.05) is 18.3 Å². The number of hydrogen-bond acceptors (Lipinski definition) is 2. The summed E-state index contributed by atoms with van der Waals surface area (Å²) in [5, 5.41) is 13.2. The third-order valence-electron chi connectivity index (χ3n) is 1.72. The first-order valence-corrected chi connectivity index (χ1v) is 3.29. The third kappa shape index (κ3) is 1.04. The Morgan fingerprint density at radius 3 is 2.50 bits per heavy atom. The van der Waals surface area contributed by atoms with E-state index in [9.17, 15) is 0 Å². The van der Waals surface area contributed by atoms with E-state index in [-0.39, 0.29) is 0 Å². The number of aromatic nitrogens is 2. The molecule has 0 spiro atoms. The molecule has 1 N–H and O–H groups in total. The highest BCUT2D eigenvalue weighted by atomic mass is 16.3. The van der Waals surface area contributed by atoms with Crippen LogP contribution in [0, 0.1) is 6.92 Å². The van der Waals surface area contributed by atoms with Crippen molar-refractivity contribution in [3.63, 3.8) is 0 Å². The van der Waals surface area contributed by atoms with Crippen molar-refractivity contribution in [1.82, 2.24) is 9.78 Å². The van der Waals surface area contributed by atoms with E-state index in [2.05, 4.69) is 5.10 Å². The fraction of sp³-hybridized carbons (Fsp3) is 0.571. The highest BCUT2D eigenvalue weighted by Gasteiger charge is 2.07. The van der Waals surface area contributed by atoms with E-state index in [1.54, 1.807) is 17.8 Å². The summed E-state index contributed by atoms with van der Waals surface area (Å²) in [6.45, 7) is 3.68. The van der Waals surface area contributed by atoms with Crippen LogP contribution in [0.15, 0.2) is 6.20 Å². The number of aliphatic hydroxyl groups excluding tert-OH is 1. The van der Waals surface area contributed by atoms with Crippen molar-refractivity contribution in [3.8, 4) is 0 Å². The zero-order chi connectivity index (χ0) is 7.72. The normalized spacial score (nSPS) is 13.6. The lowest BCUT2D eigenvalue weighted by atomic mass is 10.2. The van der Waals surface area contributed by atoms with Crippen molar-refractivity contribution in [3.05, 3.63) is 17.5 Å². The maximum absolute atomic E-state index is 9.16. The predicted molar refractivity (Wildman–Crippen MR) is 38.6 cm³/mol. The molecule has 0 aromatic carbocycles. The molecule has 0 aliphatic rings. The minimum Gasteiger partial charge on any atom is -0.389 e. The molecule has 0 aliphatic carbocycles. The van der Waals surface area contributed by atoms with Crippen molar-refractivity contribution in [1.29, 1.82) is 0 Å².